The number of nitrogens with zero attached hydrogens (tertiary/aromatic N) is 1. The smallest absolute Gasteiger partial charge is 0.449 e. The molecule has 39 heavy (non-hydrogen) atoms. The lowest BCUT2D eigenvalue weighted by atomic mass is 10.1. The average molecular weight is 535 g/mol. The van der Waals surface area contributed by atoms with E-state index in [2.05, 4.69) is 0 Å². The number of nitro benzene ring substituents is 1. The topological polar surface area (TPSA) is 109 Å². The van der Waals surface area contributed by atoms with Crippen molar-refractivity contribution in [2.45, 2.75) is 13.1 Å². The number of ether oxygens (including phenoxy) is 2. The average Bonchev–Trinajstić information content (AvgIpc) is 2.89. The Bertz CT molecular complexity index is 1840. The van der Waals surface area contributed by atoms with E-state index in [1.165, 1.54) is 43.3 Å². The summed E-state index contributed by atoms with van der Waals surface area (Å²) >= 11 is 0. The van der Waals surface area contributed by atoms with Crippen molar-refractivity contribution in [1.29, 1.82) is 0 Å². The van der Waals surface area contributed by atoms with Gasteiger partial charge in [0.1, 0.15) is 17.1 Å². The van der Waals surface area contributed by atoms with Crippen LogP contribution in [0.4, 0.5) is 18.9 Å². The largest absolute Gasteiger partial charge is 0.453 e. The maximum Gasteiger partial charge on any atom is 0.453 e. The molecule has 1 heterocycles. The Morgan fingerprint density at radius 3 is 2.36 bits per heavy atom. The minimum absolute atomic E-state index is 0.00345. The van der Waals surface area contributed by atoms with Crippen molar-refractivity contribution >= 4 is 33.4 Å². The van der Waals surface area contributed by atoms with E-state index in [1.807, 2.05) is 6.07 Å². The van der Waals surface area contributed by atoms with E-state index in [0.29, 0.717) is 5.39 Å². The van der Waals surface area contributed by atoms with Crippen LogP contribution in [0.5, 0.6) is 17.2 Å². The minimum atomic E-state index is -5.09. The fraction of sp³-hybridized carbons (Fsp3) is 0.0714. The lowest BCUT2D eigenvalue weighted by Crippen LogP contribution is -2.16. The number of benzene rings is 4. The summed E-state index contributed by atoms with van der Waals surface area (Å²) in [7, 11) is 0. The molecule has 0 saturated heterocycles. The van der Waals surface area contributed by atoms with Crippen molar-refractivity contribution in [3.63, 3.8) is 0 Å². The van der Waals surface area contributed by atoms with Gasteiger partial charge in [0.2, 0.25) is 11.2 Å². The van der Waals surface area contributed by atoms with Gasteiger partial charge in [-0.3, -0.25) is 14.9 Å². The van der Waals surface area contributed by atoms with Gasteiger partial charge in [-0.25, -0.2) is 4.79 Å². The van der Waals surface area contributed by atoms with Gasteiger partial charge in [-0.05, 0) is 48.0 Å². The van der Waals surface area contributed by atoms with Gasteiger partial charge < -0.3 is 13.9 Å². The number of nitro groups is 1. The van der Waals surface area contributed by atoms with Crippen LogP contribution in [-0.4, -0.2) is 10.9 Å². The van der Waals surface area contributed by atoms with Crippen molar-refractivity contribution < 1.29 is 36.8 Å². The highest BCUT2D eigenvalue weighted by molar-refractivity contribution is 5.94. The number of halogens is 3. The van der Waals surface area contributed by atoms with Crippen LogP contribution in [0, 0.1) is 17.0 Å². The van der Waals surface area contributed by atoms with Crippen LogP contribution in [0.1, 0.15) is 21.7 Å². The molecule has 0 N–H and O–H groups in total. The molecule has 5 aromatic rings. The monoisotopic (exact) mass is 535 g/mol. The summed E-state index contributed by atoms with van der Waals surface area (Å²) in [5.41, 5.74) is -1.94. The van der Waals surface area contributed by atoms with E-state index >= 15 is 0 Å². The normalized spacial score (nSPS) is 11.5. The van der Waals surface area contributed by atoms with E-state index in [9.17, 15) is 32.9 Å². The van der Waals surface area contributed by atoms with Crippen LogP contribution >= 0.6 is 0 Å². The molecule has 4 aromatic carbocycles. The summed E-state index contributed by atoms with van der Waals surface area (Å²) in [6, 6.07) is 18.8. The Balaban J connectivity index is 1.54. The first-order valence-electron chi connectivity index (χ1n) is 11.3. The van der Waals surface area contributed by atoms with Gasteiger partial charge >= 0.3 is 12.1 Å². The molecule has 0 spiro atoms. The summed E-state index contributed by atoms with van der Waals surface area (Å²) in [6.07, 6.45) is -5.09. The van der Waals surface area contributed by atoms with Gasteiger partial charge in [0.05, 0.1) is 15.9 Å². The zero-order valence-corrected chi connectivity index (χ0v) is 19.9. The van der Waals surface area contributed by atoms with Crippen LogP contribution in [0.25, 0.3) is 21.7 Å². The third-order valence-electron chi connectivity index (χ3n) is 5.95. The van der Waals surface area contributed by atoms with Crippen LogP contribution in [-0.2, 0) is 6.18 Å². The van der Waals surface area contributed by atoms with Gasteiger partial charge in [-0.2, -0.15) is 13.2 Å². The third kappa shape index (κ3) is 4.89. The number of alkyl halides is 3. The van der Waals surface area contributed by atoms with Gasteiger partial charge in [-0.1, -0.05) is 36.4 Å². The predicted molar refractivity (Wildman–Crippen MR) is 134 cm³/mol. The molecule has 1 aromatic heterocycles. The molecule has 5 rings (SSSR count). The number of carbonyl (C=O) groups is 1. The van der Waals surface area contributed by atoms with E-state index < -0.39 is 39.6 Å². The Morgan fingerprint density at radius 2 is 1.64 bits per heavy atom. The maximum absolute atomic E-state index is 13.9. The molecule has 0 unspecified atom stereocenters. The van der Waals surface area contributed by atoms with Gasteiger partial charge in [0.25, 0.3) is 11.4 Å². The van der Waals surface area contributed by atoms with Crippen LogP contribution in [0.15, 0.2) is 88.1 Å². The second kappa shape index (κ2) is 9.60. The molecular formula is C28H16F3NO7. The molecule has 0 bridgehead atoms. The molecule has 0 aliphatic carbocycles. The molecule has 0 aliphatic heterocycles. The molecule has 0 saturated carbocycles. The molecular weight excluding hydrogens is 519 g/mol. The van der Waals surface area contributed by atoms with E-state index in [1.54, 1.807) is 24.3 Å². The third-order valence-corrected chi connectivity index (χ3v) is 5.95. The molecule has 0 amide bonds. The molecule has 0 radical (unpaired) electrons. The predicted octanol–water partition coefficient (Wildman–Crippen LogP) is 7.19. The number of carbonyl (C=O) groups excluding carboxylic acids is 1. The maximum atomic E-state index is 13.9. The van der Waals surface area contributed by atoms with Gasteiger partial charge in [-0.15, -0.1) is 0 Å². The Hall–Kier alpha value is -5.19. The second-order valence-electron chi connectivity index (χ2n) is 8.45. The summed E-state index contributed by atoms with van der Waals surface area (Å²) in [5, 5.41) is 12.4. The summed E-state index contributed by atoms with van der Waals surface area (Å²) in [4.78, 5) is 36.3. The Labute approximate surface area is 217 Å². The number of hydrogen-bond donors (Lipinski definition) is 0. The van der Waals surface area contributed by atoms with Crippen molar-refractivity contribution in [3.8, 4) is 17.2 Å². The highest BCUT2D eigenvalue weighted by atomic mass is 19.4. The summed E-state index contributed by atoms with van der Waals surface area (Å²) in [6.45, 7) is 1.36. The fourth-order valence-electron chi connectivity index (χ4n) is 4.05. The molecule has 0 fully saturated rings. The highest BCUT2D eigenvalue weighted by Crippen LogP contribution is 2.39. The van der Waals surface area contributed by atoms with Crippen molar-refractivity contribution in [3.05, 3.63) is 116 Å². The number of rotatable bonds is 5. The number of esters is 1. The van der Waals surface area contributed by atoms with E-state index in [-0.39, 0.29) is 33.7 Å². The Kier molecular flexibility index (Phi) is 6.27. The minimum Gasteiger partial charge on any atom is -0.449 e. The van der Waals surface area contributed by atoms with E-state index in [4.69, 9.17) is 13.9 Å². The molecule has 0 atom stereocenters. The quantitative estimate of drug-likeness (QED) is 0.101. The number of fused-ring (bicyclic) bond motifs is 2. The van der Waals surface area contributed by atoms with Crippen molar-refractivity contribution in [2.24, 2.45) is 0 Å². The number of hydrogen-bond acceptors (Lipinski definition) is 7. The first kappa shape index (κ1) is 25.5. The zero-order valence-electron chi connectivity index (χ0n) is 19.9. The van der Waals surface area contributed by atoms with Crippen LogP contribution < -0.4 is 14.9 Å². The second-order valence-corrected chi connectivity index (χ2v) is 8.45. The van der Waals surface area contributed by atoms with Gasteiger partial charge in [0, 0.05) is 17.7 Å². The first-order chi connectivity index (χ1) is 18.5. The highest BCUT2D eigenvalue weighted by Gasteiger charge is 2.40. The lowest BCUT2D eigenvalue weighted by molar-refractivity contribution is -0.385. The van der Waals surface area contributed by atoms with Crippen LogP contribution in [0.3, 0.4) is 0 Å². The first-order valence-corrected chi connectivity index (χ1v) is 11.3. The molecule has 11 heteroatoms. The van der Waals surface area contributed by atoms with Crippen molar-refractivity contribution in [1.82, 2.24) is 0 Å². The molecule has 0 aliphatic rings. The van der Waals surface area contributed by atoms with E-state index in [0.717, 1.165) is 17.5 Å². The lowest BCUT2D eigenvalue weighted by Gasteiger charge is -2.14. The fourth-order valence-corrected chi connectivity index (χ4v) is 4.05. The SMILES string of the molecule is Cc1c(C(=O)Oc2ccc3c(=O)c(Oc4ccc5ccccc5c4)c(C(F)(F)F)oc3c2)cccc1[N+](=O)[O-]. The standard InChI is InChI=1S/C28H16F3NO7/c1-15-20(7-4-8-22(15)32(35)36)27(34)38-19-11-12-21-23(14-19)39-26(28(29,30)31)25(24(21)33)37-18-10-9-16-5-2-3-6-17(16)13-18/h2-14H,1H3. The molecule has 8 nitrogen and oxygen atoms in total. The molecule has 196 valence electrons. The Morgan fingerprint density at radius 1 is 0.923 bits per heavy atom. The summed E-state index contributed by atoms with van der Waals surface area (Å²) in [5.74, 6) is -3.92. The van der Waals surface area contributed by atoms with Crippen LogP contribution in [0.2, 0.25) is 0 Å². The van der Waals surface area contributed by atoms with Crippen molar-refractivity contribution in [2.75, 3.05) is 0 Å². The summed E-state index contributed by atoms with van der Waals surface area (Å²) < 4.78 is 57.5. The van der Waals surface area contributed by atoms with Gasteiger partial charge in [0.15, 0.2) is 0 Å². The zero-order chi connectivity index (χ0) is 27.9.